The van der Waals surface area contributed by atoms with Crippen molar-refractivity contribution in [2.75, 3.05) is 26.2 Å². The lowest BCUT2D eigenvalue weighted by Crippen LogP contribution is -2.42. The minimum absolute atomic E-state index is 0.00393. The minimum Gasteiger partial charge on any atom is -0.484 e. The highest BCUT2D eigenvalue weighted by Crippen LogP contribution is 2.27. The second-order valence-corrected chi connectivity index (χ2v) is 8.17. The quantitative estimate of drug-likeness (QED) is 0.767. The summed E-state index contributed by atoms with van der Waals surface area (Å²) in [6.45, 7) is 1.84. The molecule has 1 fully saturated rings. The van der Waals surface area contributed by atoms with Gasteiger partial charge in [-0.15, -0.1) is 0 Å². The van der Waals surface area contributed by atoms with Gasteiger partial charge in [-0.2, -0.15) is 0 Å². The van der Waals surface area contributed by atoms with Crippen molar-refractivity contribution < 1.29 is 19.1 Å². The normalized spacial score (nSPS) is 20.2. The zero-order valence-corrected chi connectivity index (χ0v) is 17.4. The average molecular weight is 429 g/mol. The standard InChI is InChI=1S/C23H25ClN2O4/c24-18-6-8-19(9-7-18)29-15-22(27)26-12-11-16(14-26)13-25-23(28)21-10-5-17-3-1-2-4-20(17)30-21/h1-4,6-9,16,21H,5,10-15H2,(H,25,28). The topological polar surface area (TPSA) is 67.9 Å². The molecular formula is C23H25ClN2O4. The van der Waals surface area contributed by atoms with Crippen LogP contribution in [0.15, 0.2) is 48.5 Å². The number of fused-ring (bicyclic) bond motifs is 1. The maximum Gasteiger partial charge on any atom is 0.261 e. The van der Waals surface area contributed by atoms with E-state index in [9.17, 15) is 9.59 Å². The van der Waals surface area contributed by atoms with Crippen LogP contribution in [0.2, 0.25) is 5.02 Å². The van der Waals surface area contributed by atoms with E-state index in [1.807, 2.05) is 24.3 Å². The van der Waals surface area contributed by atoms with E-state index in [1.165, 1.54) is 0 Å². The molecule has 1 saturated heterocycles. The summed E-state index contributed by atoms with van der Waals surface area (Å²) in [7, 11) is 0. The van der Waals surface area contributed by atoms with Crippen LogP contribution in [0.1, 0.15) is 18.4 Å². The number of hydrogen-bond donors (Lipinski definition) is 1. The molecule has 0 saturated carbocycles. The predicted octanol–water partition coefficient (Wildman–Crippen LogP) is 3.08. The number of nitrogens with zero attached hydrogens (tertiary/aromatic N) is 1. The molecule has 2 amide bonds. The van der Waals surface area contributed by atoms with Crippen molar-refractivity contribution in [3.8, 4) is 11.5 Å². The van der Waals surface area contributed by atoms with Crippen LogP contribution in [0.4, 0.5) is 0 Å². The molecule has 30 heavy (non-hydrogen) atoms. The predicted molar refractivity (Wildman–Crippen MR) is 114 cm³/mol. The van der Waals surface area contributed by atoms with Crippen molar-refractivity contribution in [2.24, 2.45) is 5.92 Å². The van der Waals surface area contributed by atoms with Gasteiger partial charge in [0.25, 0.3) is 11.8 Å². The molecule has 2 heterocycles. The number of para-hydroxylation sites is 1. The average Bonchev–Trinajstić information content (AvgIpc) is 3.26. The highest BCUT2D eigenvalue weighted by molar-refractivity contribution is 6.30. The summed E-state index contributed by atoms with van der Waals surface area (Å²) < 4.78 is 11.4. The Morgan fingerprint density at radius 2 is 1.93 bits per heavy atom. The summed E-state index contributed by atoms with van der Waals surface area (Å²) in [5.41, 5.74) is 1.15. The second kappa shape index (κ2) is 9.39. The molecule has 0 bridgehead atoms. The SMILES string of the molecule is O=C(NCC1CCN(C(=O)COc2ccc(Cl)cc2)C1)C1CCc2ccccc2O1. The third-order valence-electron chi connectivity index (χ3n) is 5.59. The van der Waals surface area contributed by atoms with Crippen LogP contribution in [0, 0.1) is 5.92 Å². The van der Waals surface area contributed by atoms with Crippen LogP contribution in [-0.4, -0.2) is 49.1 Å². The summed E-state index contributed by atoms with van der Waals surface area (Å²) in [6, 6.07) is 14.8. The third-order valence-corrected chi connectivity index (χ3v) is 5.84. The van der Waals surface area contributed by atoms with Crippen molar-refractivity contribution in [3.63, 3.8) is 0 Å². The smallest absolute Gasteiger partial charge is 0.261 e. The highest BCUT2D eigenvalue weighted by atomic mass is 35.5. The van der Waals surface area contributed by atoms with Crippen molar-refractivity contribution in [3.05, 3.63) is 59.1 Å². The first-order valence-corrected chi connectivity index (χ1v) is 10.6. The largest absolute Gasteiger partial charge is 0.484 e. The van der Waals surface area contributed by atoms with Gasteiger partial charge in [0.1, 0.15) is 11.5 Å². The third kappa shape index (κ3) is 5.05. The van der Waals surface area contributed by atoms with Crippen LogP contribution in [0.25, 0.3) is 0 Å². The summed E-state index contributed by atoms with van der Waals surface area (Å²) in [6.07, 6.45) is 1.93. The Labute approximate surface area is 181 Å². The summed E-state index contributed by atoms with van der Waals surface area (Å²) in [4.78, 5) is 26.7. The Morgan fingerprint density at radius 1 is 1.13 bits per heavy atom. The van der Waals surface area contributed by atoms with Gasteiger partial charge in [-0.25, -0.2) is 0 Å². The zero-order chi connectivity index (χ0) is 20.9. The van der Waals surface area contributed by atoms with E-state index < -0.39 is 6.10 Å². The molecule has 0 radical (unpaired) electrons. The van der Waals surface area contributed by atoms with Crippen LogP contribution in [0.3, 0.4) is 0 Å². The monoisotopic (exact) mass is 428 g/mol. The molecule has 2 atom stereocenters. The molecule has 158 valence electrons. The van der Waals surface area contributed by atoms with Crippen LogP contribution < -0.4 is 14.8 Å². The lowest BCUT2D eigenvalue weighted by atomic mass is 10.0. The number of rotatable bonds is 6. The molecule has 2 aliphatic heterocycles. The Hall–Kier alpha value is -2.73. The molecule has 0 aromatic heterocycles. The van der Waals surface area contributed by atoms with Crippen molar-refractivity contribution in [1.82, 2.24) is 10.2 Å². The molecule has 2 aliphatic rings. The lowest BCUT2D eigenvalue weighted by molar-refractivity contribution is -0.132. The molecule has 1 N–H and O–H groups in total. The Kier molecular flexibility index (Phi) is 6.43. The Balaban J connectivity index is 1.19. The van der Waals surface area contributed by atoms with Crippen molar-refractivity contribution in [2.45, 2.75) is 25.4 Å². The number of carbonyl (C=O) groups excluding carboxylic acids is 2. The van der Waals surface area contributed by atoms with Gasteiger partial charge in [-0.1, -0.05) is 29.8 Å². The number of amides is 2. The number of carbonyl (C=O) groups is 2. The first kappa shape index (κ1) is 20.5. The molecule has 7 heteroatoms. The van der Waals surface area contributed by atoms with Crippen molar-refractivity contribution >= 4 is 23.4 Å². The van der Waals surface area contributed by atoms with Gasteiger partial charge in [0, 0.05) is 24.7 Å². The van der Waals surface area contributed by atoms with Gasteiger partial charge < -0.3 is 19.7 Å². The number of likely N-dealkylation sites (tertiary alicyclic amines) is 1. The second-order valence-electron chi connectivity index (χ2n) is 7.74. The fourth-order valence-corrected chi connectivity index (χ4v) is 3.99. The number of hydrogen-bond acceptors (Lipinski definition) is 4. The molecule has 2 unspecified atom stereocenters. The van der Waals surface area contributed by atoms with Crippen LogP contribution >= 0.6 is 11.6 Å². The fourth-order valence-electron chi connectivity index (χ4n) is 3.86. The highest BCUT2D eigenvalue weighted by Gasteiger charge is 2.29. The van der Waals surface area contributed by atoms with Gasteiger partial charge >= 0.3 is 0 Å². The van der Waals surface area contributed by atoms with Crippen molar-refractivity contribution in [1.29, 1.82) is 0 Å². The van der Waals surface area contributed by atoms with Gasteiger partial charge in [-0.3, -0.25) is 9.59 Å². The van der Waals surface area contributed by atoms with Crippen LogP contribution in [0.5, 0.6) is 11.5 Å². The minimum atomic E-state index is -0.452. The maximum atomic E-state index is 12.5. The maximum absolute atomic E-state index is 12.5. The van der Waals surface area contributed by atoms with Gasteiger partial charge in [-0.05, 0) is 61.1 Å². The molecule has 4 rings (SSSR count). The number of halogens is 1. The molecule has 0 spiro atoms. The van der Waals surface area contributed by atoms with Gasteiger partial charge in [0.05, 0.1) is 0 Å². The fraction of sp³-hybridized carbons (Fsp3) is 0.391. The van der Waals surface area contributed by atoms with E-state index in [4.69, 9.17) is 21.1 Å². The molecule has 2 aromatic carbocycles. The van der Waals surface area contributed by atoms with E-state index in [0.717, 1.165) is 24.2 Å². The van der Waals surface area contributed by atoms with E-state index in [0.29, 0.717) is 36.8 Å². The van der Waals surface area contributed by atoms with E-state index >= 15 is 0 Å². The van der Waals surface area contributed by atoms with Crippen LogP contribution in [-0.2, 0) is 16.0 Å². The molecule has 2 aromatic rings. The number of ether oxygens (including phenoxy) is 2. The van der Waals surface area contributed by atoms with E-state index in [1.54, 1.807) is 29.2 Å². The number of aryl methyl sites for hydroxylation is 1. The molecule has 0 aliphatic carbocycles. The summed E-state index contributed by atoms with van der Waals surface area (Å²) >= 11 is 5.85. The zero-order valence-electron chi connectivity index (χ0n) is 16.7. The first-order valence-electron chi connectivity index (χ1n) is 10.3. The molecular weight excluding hydrogens is 404 g/mol. The Bertz CT molecular complexity index is 902. The first-order chi connectivity index (χ1) is 14.6. The van der Waals surface area contributed by atoms with E-state index in [2.05, 4.69) is 5.32 Å². The van der Waals surface area contributed by atoms with Gasteiger partial charge in [0.15, 0.2) is 12.7 Å². The molecule has 6 nitrogen and oxygen atoms in total. The number of nitrogens with one attached hydrogen (secondary N) is 1. The summed E-state index contributed by atoms with van der Waals surface area (Å²) in [5, 5.41) is 3.63. The van der Waals surface area contributed by atoms with Gasteiger partial charge in [0.2, 0.25) is 0 Å². The summed E-state index contributed by atoms with van der Waals surface area (Å²) in [5.74, 6) is 1.52. The lowest BCUT2D eigenvalue weighted by Gasteiger charge is -2.25. The number of benzene rings is 2. The van der Waals surface area contributed by atoms with E-state index in [-0.39, 0.29) is 24.3 Å². The Morgan fingerprint density at radius 3 is 2.77 bits per heavy atom.